The van der Waals surface area contributed by atoms with Crippen LogP contribution >= 0.6 is 0 Å². The van der Waals surface area contributed by atoms with Gasteiger partial charge in [0.05, 0.1) is 30.3 Å². The Kier molecular flexibility index (Phi) is 5.51. The van der Waals surface area contributed by atoms with Crippen LogP contribution in [0.5, 0.6) is 0 Å². The summed E-state index contributed by atoms with van der Waals surface area (Å²) in [5.41, 5.74) is 2.18. The summed E-state index contributed by atoms with van der Waals surface area (Å²) in [6.07, 6.45) is 5.32. The maximum atomic E-state index is 13.3. The van der Waals surface area contributed by atoms with Crippen LogP contribution in [0, 0.1) is 23.2 Å². The number of hydrogen-bond acceptors (Lipinski definition) is 4. The van der Waals surface area contributed by atoms with E-state index >= 15 is 0 Å². The van der Waals surface area contributed by atoms with Crippen LogP contribution in [-0.4, -0.2) is 56.6 Å². The van der Waals surface area contributed by atoms with Crippen molar-refractivity contribution in [3.63, 3.8) is 0 Å². The summed E-state index contributed by atoms with van der Waals surface area (Å²) in [6, 6.07) is 8.02. The van der Waals surface area contributed by atoms with Crippen molar-refractivity contribution in [1.29, 1.82) is 0 Å². The van der Waals surface area contributed by atoms with Crippen molar-refractivity contribution < 1.29 is 10.2 Å². The molecule has 4 atom stereocenters. The van der Waals surface area contributed by atoms with Crippen LogP contribution < -0.4 is 5.69 Å². The van der Waals surface area contributed by atoms with Gasteiger partial charge in [-0.3, -0.25) is 9.13 Å². The first-order valence-corrected chi connectivity index (χ1v) is 12.1. The summed E-state index contributed by atoms with van der Waals surface area (Å²) in [7, 11) is 0. The van der Waals surface area contributed by atoms with E-state index in [1.165, 1.54) is 25.8 Å². The highest BCUT2D eigenvalue weighted by molar-refractivity contribution is 5.76. The molecule has 0 spiro atoms. The first-order valence-electron chi connectivity index (χ1n) is 12.1. The number of aliphatic hydroxyl groups excluding tert-OH is 2. The zero-order chi connectivity index (χ0) is 21.8. The molecule has 2 aliphatic carbocycles. The summed E-state index contributed by atoms with van der Waals surface area (Å²) < 4.78 is 3.57. The largest absolute Gasteiger partial charge is 0.394 e. The Labute approximate surface area is 184 Å². The molecule has 3 aliphatic rings. The monoisotopic (exact) mass is 427 g/mol. The van der Waals surface area contributed by atoms with Gasteiger partial charge in [0, 0.05) is 25.7 Å². The van der Waals surface area contributed by atoms with Crippen molar-refractivity contribution in [3.8, 4) is 0 Å². The Hall–Kier alpha value is -1.63. The predicted octanol–water partition coefficient (Wildman–Crippen LogP) is 2.87. The van der Waals surface area contributed by atoms with Crippen molar-refractivity contribution in [1.82, 2.24) is 14.0 Å². The summed E-state index contributed by atoms with van der Waals surface area (Å²) >= 11 is 0. The lowest BCUT2D eigenvalue weighted by atomic mass is 9.68. The van der Waals surface area contributed by atoms with E-state index in [1.807, 2.05) is 28.8 Å². The number of nitrogens with zero attached hydrogens (tertiary/aromatic N) is 3. The van der Waals surface area contributed by atoms with Gasteiger partial charge in [-0.05, 0) is 67.4 Å². The summed E-state index contributed by atoms with van der Waals surface area (Å²) in [5, 5.41) is 19.2. The van der Waals surface area contributed by atoms with E-state index in [-0.39, 0.29) is 24.9 Å². The zero-order valence-corrected chi connectivity index (χ0v) is 18.9. The van der Waals surface area contributed by atoms with Gasteiger partial charge in [-0.25, -0.2) is 4.79 Å². The first-order chi connectivity index (χ1) is 14.9. The minimum Gasteiger partial charge on any atom is -0.394 e. The van der Waals surface area contributed by atoms with Gasteiger partial charge in [0.25, 0.3) is 0 Å². The zero-order valence-electron chi connectivity index (χ0n) is 18.9. The SMILES string of the molecule is CC1(C)[C@H]2CC[C@@H](C2)[C@@H]1CN1CCC(n2c(=O)n(C[C@@H](O)CO)c3ccccc32)CC1. The highest BCUT2D eigenvalue weighted by Crippen LogP contribution is 2.59. The molecule has 0 radical (unpaired) electrons. The van der Waals surface area contributed by atoms with Crippen LogP contribution in [0.2, 0.25) is 0 Å². The third-order valence-corrected chi connectivity index (χ3v) is 8.90. The number of imidazole rings is 1. The fourth-order valence-electron chi connectivity index (χ4n) is 7.02. The summed E-state index contributed by atoms with van der Waals surface area (Å²) in [5.74, 6) is 2.64. The summed E-state index contributed by atoms with van der Waals surface area (Å²) in [6.45, 7) is 8.05. The fourth-order valence-corrected chi connectivity index (χ4v) is 7.02. The second-order valence-corrected chi connectivity index (χ2v) is 10.8. The maximum absolute atomic E-state index is 13.3. The van der Waals surface area contributed by atoms with Crippen LogP contribution in [0.3, 0.4) is 0 Å². The van der Waals surface area contributed by atoms with Crippen molar-refractivity contribution in [2.45, 2.75) is 64.6 Å². The van der Waals surface area contributed by atoms with Crippen molar-refractivity contribution in [2.24, 2.45) is 23.2 Å². The molecule has 1 saturated heterocycles. The third kappa shape index (κ3) is 3.57. The topological polar surface area (TPSA) is 70.6 Å². The van der Waals surface area contributed by atoms with Crippen molar-refractivity contribution in [3.05, 3.63) is 34.7 Å². The number of para-hydroxylation sites is 2. The van der Waals surface area contributed by atoms with Gasteiger partial charge >= 0.3 is 5.69 Å². The number of aliphatic hydroxyl groups is 2. The van der Waals surface area contributed by atoms with E-state index < -0.39 is 6.10 Å². The van der Waals surface area contributed by atoms with Crippen molar-refractivity contribution >= 4 is 11.0 Å². The summed E-state index contributed by atoms with van der Waals surface area (Å²) in [4.78, 5) is 15.9. The quantitative estimate of drug-likeness (QED) is 0.744. The van der Waals surface area contributed by atoms with E-state index in [0.29, 0.717) is 5.41 Å². The van der Waals surface area contributed by atoms with E-state index in [2.05, 4.69) is 18.7 Å². The molecular weight excluding hydrogens is 390 g/mol. The highest BCUT2D eigenvalue weighted by atomic mass is 16.3. The normalized spacial score (nSPS) is 29.7. The Morgan fingerprint density at radius 3 is 2.45 bits per heavy atom. The Balaban J connectivity index is 1.32. The molecule has 2 bridgehead atoms. The smallest absolute Gasteiger partial charge is 0.329 e. The molecule has 2 N–H and O–H groups in total. The lowest BCUT2D eigenvalue weighted by molar-refractivity contribution is 0.0643. The molecular formula is C25H37N3O3. The van der Waals surface area contributed by atoms with Gasteiger partial charge in [-0.15, -0.1) is 0 Å². The van der Waals surface area contributed by atoms with E-state index in [9.17, 15) is 15.0 Å². The molecule has 1 aromatic heterocycles. The molecule has 31 heavy (non-hydrogen) atoms. The number of fused-ring (bicyclic) bond motifs is 3. The average Bonchev–Trinajstić information content (AvgIpc) is 3.42. The van der Waals surface area contributed by atoms with Gasteiger partial charge < -0.3 is 15.1 Å². The fraction of sp³-hybridized carbons (Fsp3) is 0.720. The first kappa shape index (κ1) is 21.2. The average molecular weight is 428 g/mol. The second-order valence-electron chi connectivity index (χ2n) is 10.8. The molecule has 0 amide bonds. The lowest BCUT2D eigenvalue weighted by Crippen LogP contribution is -2.44. The number of likely N-dealkylation sites (tertiary alicyclic amines) is 1. The van der Waals surface area contributed by atoms with E-state index in [0.717, 1.165) is 54.7 Å². The molecule has 1 aliphatic heterocycles. The number of aromatic nitrogens is 2. The van der Waals surface area contributed by atoms with E-state index in [4.69, 9.17) is 0 Å². The number of piperidine rings is 1. The van der Waals surface area contributed by atoms with Crippen LogP contribution in [-0.2, 0) is 6.54 Å². The second kappa shape index (κ2) is 8.05. The minimum atomic E-state index is -0.927. The number of rotatable bonds is 6. The van der Waals surface area contributed by atoms with Crippen LogP contribution in [0.15, 0.2) is 29.1 Å². The molecule has 1 aromatic carbocycles. The molecule has 2 aromatic rings. The molecule has 6 nitrogen and oxygen atoms in total. The maximum Gasteiger partial charge on any atom is 0.329 e. The van der Waals surface area contributed by atoms with Gasteiger partial charge in [0.1, 0.15) is 0 Å². The molecule has 2 heterocycles. The van der Waals surface area contributed by atoms with Gasteiger partial charge in [-0.2, -0.15) is 0 Å². The van der Waals surface area contributed by atoms with Crippen LogP contribution in [0.1, 0.15) is 52.0 Å². The minimum absolute atomic E-state index is 0.0682. The van der Waals surface area contributed by atoms with Gasteiger partial charge in [-0.1, -0.05) is 26.0 Å². The van der Waals surface area contributed by atoms with Crippen LogP contribution in [0.25, 0.3) is 11.0 Å². The third-order valence-electron chi connectivity index (χ3n) is 8.90. The van der Waals surface area contributed by atoms with Crippen molar-refractivity contribution in [2.75, 3.05) is 26.2 Å². The Bertz CT molecular complexity index is 986. The number of benzene rings is 1. The van der Waals surface area contributed by atoms with Gasteiger partial charge in [0.15, 0.2) is 0 Å². The molecule has 170 valence electrons. The lowest BCUT2D eigenvalue weighted by Gasteiger charge is -2.42. The molecule has 5 rings (SSSR count). The Morgan fingerprint density at radius 2 is 1.81 bits per heavy atom. The highest BCUT2D eigenvalue weighted by Gasteiger charge is 2.52. The number of hydrogen-bond donors (Lipinski definition) is 2. The molecule has 0 unspecified atom stereocenters. The molecule has 3 fully saturated rings. The standard InChI is InChI=1S/C25H37N3O3/c1-25(2)18-8-7-17(13-18)21(25)15-26-11-9-19(10-12-26)28-23-6-4-3-5-22(23)27(24(28)31)14-20(30)16-29/h3-6,17-21,29-30H,7-16H2,1-2H3/t17-,18-,20+,21-/m0/s1. The molecule has 2 saturated carbocycles. The van der Waals surface area contributed by atoms with Gasteiger partial charge in [0.2, 0.25) is 0 Å². The molecule has 6 heteroatoms. The van der Waals surface area contributed by atoms with E-state index in [1.54, 1.807) is 4.57 Å². The Morgan fingerprint density at radius 1 is 1.10 bits per heavy atom. The van der Waals surface area contributed by atoms with Crippen LogP contribution in [0.4, 0.5) is 0 Å². The predicted molar refractivity (Wildman–Crippen MR) is 122 cm³/mol.